The molecule has 3 nitrogen and oxygen atoms in total. The average molecular weight is 293 g/mol. The summed E-state index contributed by atoms with van der Waals surface area (Å²) in [6.45, 7) is 5.91. The molecule has 0 aliphatic heterocycles. The second-order valence-electron chi connectivity index (χ2n) is 4.77. The van der Waals surface area contributed by atoms with Gasteiger partial charge in [-0.05, 0) is 37.9 Å². The van der Waals surface area contributed by atoms with Gasteiger partial charge in [-0.1, -0.05) is 6.92 Å². The summed E-state index contributed by atoms with van der Waals surface area (Å²) >= 11 is 0. The highest BCUT2D eigenvalue weighted by atomic mass is 19.4. The Morgan fingerprint density at radius 2 is 2.10 bits per heavy atom. The zero-order chi connectivity index (χ0) is 15.0. The monoisotopic (exact) mass is 293 g/mol. The summed E-state index contributed by atoms with van der Waals surface area (Å²) in [5.41, 5.74) is 1.03. The van der Waals surface area contributed by atoms with Crippen LogP contribution in [0.4, 0.5) is 13.2 Å². The van der Waals surface area contributed by atoms with Crippen LogP contribution >= 0.6 is 0 Å². The van der Waals surface area contributed by atoms with Crippen LogP contribution in [-0.2, 0) is 17.9 Å². The van der Waals surface area contributed by atoms with Gasteiger partial charge in [0.1, 0.15) is 18.1 Å². The Bertz CT molecular complexity index is 388. The lowest BCUT2D eigenvalue weighted by Gasteiger charge is -2.05. The van der Waals surface area contributed by atoms with Crippen LogP contribution in [0.5, 0.6) is 0 Å². The van der Waals surface area contributed by atoms with E-state index in [4.69, 9.17) is 9.15 Å². The lowest BCUT2D eigenvalue weighted by atomic mass is 10.2. The van der Waals surface area contributed by atoms with Crippen molar-refractivity contribution in [1.82, 2.24) is 5.32 Å². The van der Waals surface area contributed by atoms with E-state index in [0.29, 0.717) is 12.3 Å². The Kier molecular flexibility index (Phi) is 7.09. The molecule has 0 atom stereocenters. The molecule has 0 saturated carbocycles. The fourth-order valence-electron chi connectivity index (χ4n) is 1.76. The topological polar surface area (TPSA) is 34.4 Å². The maximum Gasteiger partial charge on any atom is 0.389 e. The van der Waals surface area contributed by atoms with Crippen molar-refractivity contribution < 1.29 is 22.3 Å². The number of furan rings is 1. The van der Waals surface area contributed by atoms with Gasteiger partial charge in [0.2, 0.25) is 0 Å². The fourth-order valence-corrected chi connectivity index (χ4v) is 1.76. The van der Waals surface area contributed by atoms with Gasteiger partial charge in [-0.25, -0.2) is 0 Å². The van der Waals surface area contributed by atoms with Gasteiger partial charge in [0, 0.05) is 13.0 Å². The van der Waals surface area contributed by atoms with Gasteiger partial charge in [0.25, 0.3) is 0 Å². The van der Waals surface area contributed by atoms with E-state index in [1.54, 1.807) is 0 Å². The molecule has 0 saturated heterocycles. The van der Waals surface area contributed by atoms with Crippen molar-refractivity contribution in [1.29, 1.82) is 0 Å². The zero-order valence-electron chi connectivity index (χ0n) is 12.0. The first-order valence-corrected chi connectivity index (χ1v) is 6.85. The lowest BCUT2D eigenvalue weighted by molar-refractivity contribution is -0.138. The lowest BCUT2D eigenvalue weighted by Crippen LogP contribution is -2.13. The van der Waals surface area contributed by atoms with Crippen molar-refractivity contribution in [3.05, 3.63) is 23.2 Å². The van der Waals surface area contributed by atoms with Crippen molar-refractivity contribution in [3.63, 3.8) is 0 Å². The van der Waals surface area contributed by atoms with E-state index in [1.165, 1.54) is 0 Å². The van der Waals surface area contributed by atoms with Crippen molar-refractivity contribution in [3.8, 4) is 0 Å². The SMILES string of the molecule is CCCNCc1oc(COCCCC(F)(F)F)cc1C. The van der Waals surface area contributed by atoms with Gasteiger partial charge in [-0.2, -0.15) is 13.2 Å². The van der Waals surface area contributed by atoms with Crippen LogP contribution in [0.3, 0.4) is 0 Å². The van der Waals surface area contributed by atoms with E-state index in [2.05, 4.69) is 12.2 Å². The predicted molar refractivity (Wildman–Crippen MR) is 70.4 cm³/mol. The van der Waals surface area contributed by atoms with E-state index in [9.17, 15) is 13.2 Å². The molecule has 1 aromatic heterocycles. The number of hydrogen-bond acceptors (Lipinski definition) is 3. The summed E-state index contributed by atoms with van der Waals surface area (Å²) in [5, 5.41) is 3.24. The van der Waals surface area contributed by atoms with Crippen LogP contribution in [0.15, 0.2) is 10.5 Å². The molecule has 0 aromatic carbocycles. The maximum atomic E-state index is 11.9. The van der Waals surface area contributed by atoms with Gasteiger partial charge in [-0.15, -0.1) is 0 Å². The average Bonchev–Trinajstić information content (AvgIpc) is 2.69. The number of nitrogens with one attached hydrogen (secondary N) is 1. The third kappa shape index (κ3) is 6.96. The Labute approximate surface area is 117 Å². The minimum absolute atomic E-state index is 0.0197. The number of ether oxygens (including phenoxy) is 1. The highest BCUT2D eigenvalue weighted by Crippen LogP contribution is 2.21. The van der Waals surface area contributed by atoms with Crippen LogP contribution in [0.2, 0.25) is 0 Å². The Morgan fingerprint density at radius 3 is 2.75 bits per heavy atom. The maximum absolute atomic E-state index is 11.9. The highest BCUT2D eigenvalue weighted by molar-refractivity contribution is 5.19. The van der Waals surface area contributed by atoms with E-state index in [0.717, 1.165) is 24.3 Å². The molecule has 0 aliphatic rings. The first kappa shape index (κ1) is 17.0. The summed E-state index contributed by atoms with van der Waals surface area (Å²) < 4.78 is 46.6. The van der Waals surface area contributed by atoms with E-state index in [1.807, 2.05) is 13.0 Å². The normalized spacial score (nSPS) is 12.1. The molecule has 6 heteroatoms. The molecule has 20 heavy (non-hydrogen) atoms. The smallest absolute Gasteiger partial charge is 0.389 e. The molecule has 1 aromatic rings. The summed E-state index contributed by atoms with van der Waals surface area (Å²) in [5.74, 6) is 1.51. The summed E-state index contributed by atoms with van der Waals surface area (Å²) in [4.78, 5) is 0. The highest BCUT2D eigenvalue weighted by Gasteiger charge is 2.25. The molecule has 0 bridgehead atoms. The van der Waals surface area contributed by atoms with Gasteiger partial charge < -0.3 is 14.5 Å². The van der Waals surface area contributed by atoms with Gasteiger partial charge in [0.15, 0.2) is 0 Å². The molecule has 0 unspecified atom stereocenters. The molecule has 0 amide bonds. The number of alkyl halides is 3. The number of rotatable bonds is 9. The van der Waals surface area contributed by atoms with E-state index in [-0.39, 0.29) is 19.6 Å². The van der Waals surface area contributed by atoms with Crippen LogP contribution in [-0.4, -0.2) is 19.3 Å². The van der Waals surface area contributed by atoms with Gasteiger partial charge >= 0.3 is 6.18 Å². The molecule has 116 valence electrons. The standard InChI is InChI=1S/C14H22F3NO2/c1-3-6-18-9-13-11(2)8-12(20-13)10-19-7-4-5-14(15,16)17/h8,18H,3-7,9-10H2,1-2H3. The molecule has 0 radical (unpaired) electrons. The minimum Gasteiger partial charge on any atom is -0.462 e. The molecule has 1 heterocycles. The van der Waals surface area contributed by atoms with E-state index >= 15 is 0 Å². The number of hydrogen-bond donors (Lipinski definition) is 1. The van der Waals surface area contributed by atoms with Crippen molar-refractivity contribution in [2.24, 2.45) is 0 Å². The van der Waals surface area contributed by atoms with E-state index < -0.39 is 12.6 Å². The third-order valence-electron chi connectivity index (χ3n) is 2.78. The molecule has 1 rings (SSSR count). The quantitative estimate of drug-likeness (QED) is 0.700. The Balaban J connectivity index is 2.25. The molecule has 0 spiro atoms. The molecule has 0 aliphatic carbocycles. The van der Waals surface area contributed by atoms with Crippen LogP contribution in [0.25, 0.3) is 0 Å². The second-order valence-corrected chi connectivity index (χ2v) is 4.77. The van der Waals surface area contributed by atoms with Gasteiger partial charge in [0.05, 0.1) is 6.54 Å². The van der Waals surface area contributed by atoms with Crippen LogP contribution < -0.4 is 5.32 Å². The second kappa shape index (κ2) is 8.32. The van der Waals surface area contributed by atoms with Crippen molar-refractivity contribution in [2.75, 3.05) is 13.2 Å². The first-order chi connectivity index (χ1) is 9.42. The molecule has 0 fully saturated rings. The zero-order valence-corrected chi connectivity index (χ0v) is 12.0. The third-order valence-corrected chi connectivity index (χ3v) is 2.78. The van der Waals surface area contributed by atoms with Crippen molar-refractivity contribution in [2.45, 2.75) is 52.4 Å². The Hall–Kier alpha value is -1.01. The minimum atomic E-state index is -4.11. The summed E-state index contributed by atoms with van der Waals surface area (Å²) in [7, 11) is 0. The predicted octanol–water partition coefficient (Wildman–Crippen LogP) is 3.95. The molecule has 1 N–H and O–H groups in total. The summed E-state index contributed by atoms with van der Waals surface area (Å²) in [6.07, 6.45) is -3.89. The number of halogens is 3. The Morgan fingerprint density at radius 1 is 1.35 bits per heavy atom. The molecular weight excluding hydrogens is 271 g/mol. The van der Waals surface area contributed by atoms with Crippen LogP contribution in [0.1, 0.15) is 43.3 Å². The van der Waals surface area contributed by atoms with Crippen LogP contribution in [0, 0.1) is 6.92 Å². The van der Waals surface area contributed by atoms with Gasteiger partial charge in [-0.3, -0.25) is 0 Å². The molecular formula is C14H22F3NO2. The van der Waals surface area contributed by atoms with Crippen molar-refractivity contribution >= 4 is 0 Å². The first-order valence-electron chi connectivity index (χ1n) is 6.85. The summed E-state index contributed by atoms with van der Waals surface area (Å²) in [6, 6.07) is 1.87. The number of aryl methyl sites for hydroxylation is 1. The largest absolute Gasteiger partial charge is 0.462 e. The fraction of sp³-hybridized carbons (Fsp3) is 0.714.